The molecule has 1 fully saturated rings. The third-order valence-electron chi connectivity index (χ3n) is 5.68. The highest BCUT2D eigenvalue weighted by Gasteiger charge is 2.27. The molecule has 9 nitrogen and oxygen atoms in total. The number of nitrogens with zero attached hydrogens (tertiary/aromatic N) is 3. The summed E-state index contributed by atoms with van der Waals surface area (Å²) in [5.41, 5.74) is 1.63. The highest BCUT2D eigenvalue weighted by atomic mass is 16.5. The Hall–Kier alpha value is -2.94. The fraction of sp³-hybridized carbons (Fsp3) is 0.500. The van der Waals surface area contributed by atoms with Crippen LogP contribution in [0.4, 0.5) is 5.82 Å². The van der Waals surface area contributed by atoms with Gasteiger partial charge in [0.15, 0.2) is 5.65 Å². The second-order valence-electron chi connectivity index (χ2n) is 7.59. The third-order valence-corrected chi connectivity index (χ3v) is 5.68. The molecule has 29 heavy (non-hydrogen) atoms. The van der Waals surface area contributed by atoms with E-state index in [2.05, 4.69) is 37.3 Å². The first-order chi connectivity index (χ1) is 14.1. The number of amides is 2. The average Bonchev–Trinajstić information content (AvgIpc) is 3.33. The normalized spacial score (nSPS) is 19.5. The lowest BCUT2D eigenvalue weighted by Crippen LogP contribution is -2.37. The maximum Gasteiger partial charge on any atom is 0.314 e. The molecule has 0 spiro atoms. The number of ether oxygens (including phenoxy) is 1. The maximum absolute atomic E-state index is 12.4. The Kier molecular flexibility index (Phi) is 5.48. The molecule has 2 atom stereocenters. The van der Waals surface area contributed by atoms with Gasteiger partial charge in [-0.05, 0) is 24.8 Å². The van der Waals surface area contributed by atoms with Crippen molar-refractivity contribution >= 4 is 39.6 Å². The summed E-state index contributed by atoms with van der Waals surface area (Å²) in [6.45, 7) is 2.87. The lowest BCUT2D eigenvalue weighted by Gasteiger charge is -2.30. The molecule has 0 bridgehead atoms. The van der Waals surface area contributed by atoms with Crippen LogP contribution in [0.2, 0.25) is 0 Å². The lowest BCUT2D eigenvalue weighted by molar-refractivity contribution is -0.136. The number of nitrogens with one attached hydrogen (secondary N) is 3. The van der Waals surface area contributed by atoms with Crippen LogP contribution in [-0.2, 0) is 14.3 Å². The Morgan fingerprint density at radius 1 is 1.24 bits per heavy atom. The van der Waals surface area contributed by atoms with E-state index < -0.39 is 11.8 Å². The van der Waals surface area contributed by atoms with Crippen LogP contribution in [0.3, 0.4) is 0 Å². The van der Waals surface area contributed by atoms with Gasteiger partial charge in [-0.1, -0.05) is 19.8 Å². The van der Waals surface area contributed by atoms with Crippen molar-refractivity contribution in [2.75, 3.05) is 25.6 Å². The van der Waals surface area contributed by atoms with E-state index in [-0.39, 0.29) is 12.6 Å². The average molecular weight is 398 g/mol. The van der Waals surface area contributed by atoms with Gasteiger partial charge < -0.3 is 15.4 Å². The molecule has 2 amide bonds. The number of fused-ring (bicyclic) bond motifs is 3. The van der Waals surface area contributed by atoms with E-state index in [1.54, 1.807) is 12.4 Å². The van der Waals surface area contributed by atoms with Crippen molar-refractivity contribution in [1.82, 2.24) is 25.1 Å². The number of hydrogen-bond acceptors (Lipinski definition) is 5. The summed E-state index contributed by atoms with van der Waals surface area (Å²) in [6.07, 6.45) is 8.06. The second-order valence-corrected chi connectivity index (χ2v) is 7.59. The van der Waals surface area contributed by atoms with Crippen molar-refractivity contribution in [3.8, 4) is 0 Å². The van der Waals surface area contributed by atoms with Gasteiger partial charge in [-0.25, -0.2) is 9.97 Å². The van der Waals surface area contributed by atoms with Gasteiger partial charge in [-0.15, -0.1) is 0 Å². The van der Waals surface area contributed by atoms with Crippen LogP contribution in [0.15, 0.2) is 18.5 Å². The van der Waals surface area contributed by atoms with E-state index in [1.807, 2.05) is 6.07 Å². The van der Waals surface area contributed by atoms with E-state index in [4.69, 9.17) is 4.74 Å². The predicted octanol–water partition coefficient (Wildman–Crippen LogP) is 2.36. The van der Waals surface area contributed by atoms with Crippen LogP contribution in [-0.4, -0.2) is 51.8 Å². The number of hydrogen-bond donors (Lipinski definition) is 3. The summed E-state index contributed by atoms with van der Waals surface area (Å²) in [5.74, 6) is -0.455. The Morgan fingerprint density at radius 3 is 2.86 bits per heavy atom. The fourth-order valence-corrected chi connectivity index (χ4v) is 4.17. The summed E-state index contributed by atoms with van der Waals surface area (Å²) in [5, 5.41) is 10.3. The first kappa shape index (κ1) is 19.4. The first-order valence-corrected chi connectivity index (χ1v) is 10.0. The lowest BCUT2D eigenvalue weighted by atomic mass is 9.86. The van der Waals surface area contributed by atoms with Gasteiger partial charge in [-0.2, -0.15) is 0 Å². The topological polar surface area (TPSA) is 114 Å². The summed E-state index contributed by atoms with van der Waals surface area (Å²) < 4.78 is 7.02. The van der Waals surface area contributed by atoms with Gasteiger partial charge in [0.2, 0.25) is 0 Å². The smallest absolute Gasteiger partial charge is 0.314 e. The van der Waals surface area contributed by atoms with E-state index >= 15 is 0 Å². The van der Waals surface area contributed by atoms with E-state index in [9.17, 15) is 9.59 Å². The minimum atomic E-state index is -0.728. The molecule has 1 saturated carbocycles. The molecule has 9 heteroatoms. The molecule has 1 aliphatic carbocycles. The fourth-order valence-electron chi connectivity index (χ4n) is 4.17. The molecule has 154 valence electrons. The number of rotatable bonds is 5. The van der Waals surface area contributed by atoms with Gasteiger partial charge in [0.05, 0.1) is 23.6 Å². The molecule has 0 saturated heterocycles. The molecule has 3 aromatic rings. The molecule has 0 aromatic carbocycles. The van der Waals surface area contributed by atoms with Crippen LogP contribution in [0, 0.1) is 5.92 Å². The number of H-pyrrole nitrogens is 1. The Labute approximate surface area is 168 Å². The number of methoxy groups -OCH3 is 1. The Balaban J connectivity index is 1.71. The number of carbonyl (C=O) groups excluding carboxylic acids is 2. The summed E-state index contributed by atoms with van der Waals surface area (Å²) in [7, 11) is 1.54. The molecule has 0 radical (unpaired) electrons. The van der Waals surface area contributed by atoms with Gasteiger partial charge in [-0.3, -0.25) is 19.4 Å². The largest absolute Gasteiger partial charge is 0.383 e. The maximum atomic E-state index is 12.4. The van der Waals surface area contributed by atoms with Crippen molar-refractivity contribution in [2.45, 2.75) is 38.6 Å². The highest BCUT2D eigenvalue weighted by molar-refractivity contribution is 6.40. The molecular weight excluding hydrogens is 372 g/mol. The molecule has 0 unspecified atom stereocenters. The van der Waals surface area contributed by atoms with Crippen molar-refractivity contribution in [3.05, 3.63) is 18.5 Å². The summed E-state index contributed by atoms with van der Waals surface area (Å²) in [6, 6.07) is 2.22. The zero-order valence-electron chi connectivity index (χ0n) is 16.7. The molecule has 4 rings (SSSR count). The number of pyridine rings is 1. The van der Waals surface area contributed by atoms with Gasteiger partial charge in [0.25, 0.3) is 0 Å². The molecule has 1 aliphatic rings. The molecule has 3 heterocycles. The quantitative estimate of drug-likeness (QED) is 0.451. The number of aromatic amines is 1. The minimum Gasteiger partial charge on any atom is -0.383 e. The van der Waals surface area contributed by atoms with Gasteiger partial charge >= 0.3 is 11.8 Å². The summed E-state index contributed by atoms with van der Waals surface area (Å²) in [4.78, 5) is 33.2. The number of anilines is 1. The molecule has 3 aromatic heterocycles. The first-order valence-electron chi connectivity index (χ1n) is 10.0. The SMILES string of the molecule is COCCNC(=O)C(=O)Nc1[nH]n([C@@H]2CCCC[C@H]2C)c2c1cnc1nccc12. The monoisotopic (exact) mass is 398 g/mol. The Morgan fingerprint density at radius 2 is 2.07 bits per heavy atom. The van der Waals surface area contributed by atoms with Gasteiger partial charge in [0.1, 0.15) is 5.82 Å². The van der Waals surface area contributed by atoms with Crippen LogP contribution in [0.25, 0.3) is 21.9 Å². The molecule has 0 aliphatic heterocycles. The van der Waals surface area contributed by atoms with Crippen LogP contribution in [0.5, 0.6) is 0 Å². The van der Waals surface area contributed by atoms with E-state index in [1.165, 1.54) is 20.0 Å². The van der Waals surface area contributed by atoms with Crippen LogP contribution >= 0.6 is 0 Å². The van der Waals surface area contributed by atoms with Gasteiger partial charge in [0, 0.05) is 31.4 Å². The van der Waals surface area contributed by atoms with Crippen molar-refractivity contribution in [3.63, 3.8) is 0 Å². The van der Waals surface area contributed by atoms with E-state index in [0.717, 1.165) is 29.1 Å². The minimum absolute atomic E-state index is 0.273. The predicted molar refractivity (Wildman–Crippen MR) is 110 cm³/mol. The molecular formula is C20H26N6O3. The number of carbonyl (C=O) groups is 2. The van der Waals surface area contributed by atoms with E-state index in [0.29, 0.717) is 24.0 Å². The third kappa shape index (κ3) is 3.69. The zero-order valence-corrected chi connectivity index (χ0v) is 16.7. The summed E-state index contributed by atoms with van der Waals surface area (Å²) >= 11 is 0. The van der Waals surface area contributed by atoms with Crippen LogP contribution < -0.4 is 10.6 Å². The van der Waals surface area contributed by atoms with Crippen LogP contribution in [0.1, 0.15) is 38.6 Å². The van der Waals surface area contributed by atoms with Crippen molar-refractivity contribution in [1.29, 1.82) is 0 Å². The highest BCUT2D eigenvalue weighted by Crippen LogP contribution is 2.38. The molecule has 3 N–H and O–H groups in total. The standard InChI is InChI=1S/C20H26N6O3/c1-12-5-3-4-6-15(12)26-16-13-7-8-21-17(13)23-11-14(16)18(25-26)24-20(28)19(27)22-9-10-29-2/h7-8,11-12,15,25H,3-6,9-10H2,1-2H3,(H,22,27)(H,24,28)/t12-,15-/m1/s1. The van der Waals surface area contributed by atoms with Crippen molar-refractivity contribution < 1.29 is 14.3 Å². The second kappa shape index (κ2) is 8.20. The zero-order chi connectivity index (χ0) is 20.4. The Bertz CT molecular complexity index is 1040. The van der Waals surface area contributed by atoms with Crippen molar-refractivity contribution in [2.24, 2.45) is 5.92 Å². The number of aromatic nitrogens is 4.